The molecule has 0 aliphatic heterocycles. The van der Waals surface area contributed by atoms with Gasteiger partial charge >= 0.3 is 0 Å². The van der Waals surface area contributed by atoms with E-state index in [9.17, 15) is 9.18 Å². The quantitative estimate of drug-likeness (QED) is 0.768. The molecule has 1 aromatic heterocycles. The van der Waals surface area contributed by atoms with Gasteiger partial charge in [0.2, 0.25) is 0 Å². The number of nitrogens with zero attached hydrogens (tertiary/aromatic N) is 2. The van der Waals surface area contributed by atoms with Crippen LogP contribution in [0.4, 0.5) is 4.39 Å². The van der Waals surface area contributed by atoms with Crippen molar-refractivity contribution in [3.63, 3.8) is 0 Å². The van der Waals surface area contributed by atoms with E-state index in [4.69, 9.17) is 0 Å². The summed E-state index contributed by atoms with van der Waals surface area (Å²) in [5, 5.41) is 6.85. The van der Waals surface area contributed by atoms with Gasteiger partial charge in [-0.15, -0.1) is 0 Å². The van der Waals surface area contributed by atoms with Gasteiger partial charge in [0.1, 0.15) is 11.3 Å². The number of H-pyrrole nitrogens is 1. The van der Waals surface area contributed by atoms with Crippen LogP contribution in [0.5, 0.6) is 0 Å². The molecule has 1 aromatic carbocycles. The van der Waals surface area contributed by atoms with E-state index in [0.717, 1.165) is 0 Å². The van der Waals surface area contributed by atoms with Crippen LogP contribution in [0.1, 0.15) is 10.5 Å². The van der Waals surface area contributed by atoms with E-state index in [0.29, 0.717) is 5.39 Å². The normalized spacial score (nSPS) is 10.6. The Kier molecular flexibility index (Phi) is 2.15. The van der Waals surface area contributed by atoms with Gasteiger partial charge in [-0.1, -0.05) is 12.1 Å². The lowest BCUT2D eigenvalue weighted by Gasteiger charge is -2.07. The minimum absolute atomic E-state index is 0.244. The molecule has 0 fully saturated rings. The molecule has 0 aliphatic carbocycles. The van der Waals surface area contributed by atoms with E-state index in [1.165, 1.54) is 11.0 Å². The summed E-state index contributed by atoms with van der Waals surface area (Å²) in [5.74, 6) is -0.648. The molecule has 0 bridgehead atoms. The van der Waals surface area contributed by atoms with Crippen molar-refractivity contribution in [2.24, 2.45) is 0 Å². The highest BCUT2D eigenvalue weighted by molar-refractivity contribution is 6.04. The molecule has 0 atom stereocenters. The van der Waals surface area contributed by atoms with E-state index in [2.05, 4.69) is 10.2 Å². The summed E-state index contributed by atoms with van der Waals surface area (Å²) in [4.78, 5) is 13.1. The van der Waals surface area contributed by atoms with E-state index < -0.39 is 5.82 Å². The fourth-order valence-corrected chi connectivity index (χ4v) is 1.38. The Morgan fingerprint density at radius 3 is 2.87 bits per heavy atom. The van der Waals surface area contributed by atoms with Crippen LogP contribution in [0, 0.1) is 5.82 Å². The zero-order valence-electron chi connectivity index (χ0n) is 8.41. The minimum atomic E-state index is -0.405. The first-order valence-corrected chi connectivity index (χ1v) is 4.45. The molecule has 0 saturated heterocycles. The number of halogens is 1. The van der Waals surface area contributed by atoms with Crippen LogP contribution in [-0.2, 0) is 0 Å². The first-order valence-electron chi connectivity index (χ1n) is 4.45. The number of benzene rings is 1. The zero-order chi connectivity index (χ0) is 11.0. The topological polar surface area (TPSA) is 49.0 Å². The number of aromatic amines is 1. The van der Waals surface area contributed by atoms with Crippen LogP contribution in [-0.4, -0.2) is 35.1 Å². The molecule has 78 valence electrons. The van der Waals surface area contributed by atoms with Crippen LogP contribution < -0.4 is 0 Å². The Labute approximate surface area is 85.7 Å². The summed E-state index contributed by atoms with van der Waals surface area (Å²) in [5.41, 5.74) is 0.511. The Morgan fingerprint density at radius 2 is 2.20 bits per heavy atom. The molecule has 2 rings (SSSR count). The van der Waals surface area contributed by atoms with Crippen molar-refractivity contribution in [2.75, 3.05) is 14.1 Å². The highest BCUT2D eigenvalue weighted by Crippen LogP contribution is 2.19. The van der Waals surface area contributed by atoms with Gasteiger partial charge in [0.05, 0.1) is 0 Å². The van der Waals surface area contributed by atoms with Crippen molar-refractivity contribution in [3.05, 3.63) is 29.7 Å². The monoisotopic (exact) mass is 207 g/mol. The van der Waals surface area contributed by atoms with Crippen LogP contribution in [0.15, 0.2) is 18.2 Å². The van der Waals surface area contributed by atoms with Gasteiger partial charge in [-0.25, -0.2) is 4.39 Å². The standard InChI is InChI=1S/C10H10FN3O/c1-14(2)10(15)9-6-4-3-5-7(11)8(6)12-13-9/h3-5H,1-2H3,(H,12,13). The summed E-state index contributed by atoms with van der Waals surface area (Å²) in [6.45, 7) is 0. The summed E-state index contributed by atoms with van der Waals surface area (Å²) in [6.07, 6.45) is 0. The van der Waals surface area contributed by atoms with Crippen molar-refractivity contribution in [1.82, 2.24) is 15.1 Å². The number of para-hydroxylation sites is 1. The molecule has 2 aromatic rings. The number of carbonyl (C=O) groups excluding carboxylic acids is 1. The summed E-state index contributed by atoms with van der Waals surface area (Å²) < 4.78 is 13.3. The van der Waals surface area contributed by atoms with Crippen molar-refractivity contribution in [1.29, 1.82) is 0 Å². The van der Waals surface area contributed by atoms with E-state index >= 15 is 0 Å². The lowest BCUT2D eigenvalue weighted by Crippen LogP contribution is -2.22. The first-order chi connectivity index (χ1) is 7.11. The van der Waals surface area contributed by atoms with E-state index in [1.807, 2.05) is 0 Å². The number of carbonyl (C=O) groups is 1. The molecule has 5 heteroatoms. The average Bonchev–Trinajstić information content (AvgIpc) is 2.61. The number of aromatic nitrogens is 2. The van der Waals surface area contributed by atoms with Crippen molar-refractivity contribution in [3.8, 4) is 0 Å². The largest absolute Gasteiger partial charge is 0.343 e. The van der Waals surface area contributed by atoms with E-state index in [1.54, 1.807) is 26.2 Å². The fraction of sp³-hybridized carbons (Fsp3) is 0.200. The lowest BCUT2D eigenvalue weighted by molar-refractivity contribution is 0.0824. The second-order valence-corrected chi connectivity index (χ2v) is 3.43. The third-order valence-electron chi connectivity index (χ3n) is 2.16. The predicted molar refractivity (Wildman–Crippen MR) is 54.1 cm³/mol. The Morgan fingerprint density at radius 1 is 1.47 bits per heavy atom. The second-order valence-electron chi connectivity index (χ2n) is 3.43. The average molecular weight is 207 g/mol. The first kappa shape index (κ1) is 9.64. The maximum atomic E-state index is 13.3. The number of nitrogens with one attached hydrogen (secondary N) is 1. The number of hydrogen-bond acceptors (Lipinski definition) is 2. The molecular formula is C10H10FN3O. The Bertz CT molecular complexity index is 518. The highest BCUT2D eigenvalue weighted by Gasteiger charge is 2.16. The second kappa shape index (κ2) is 3.34. The summed E-state index contributed by atoms with van der Waals surface area (Å²) >= 11 is 0. The van der Waals surface area contributed by atoms with Crippen molar-refractivity contribution in [2.45, 2.75) is 0 Å². The molecule has 0 saturated carbocycles. The minimum Gasteiger partial charge on any atom is -0.343 e. The Hall–Kier alpha value is -1.91. The zero-order valence-corrected chi connectivity index (χ0v) is 8.41. The van der Waals surface area contributed by atoms with Crippen LogP contribution >= 0.6 is 0 Å². The molecule has 0 spiro atoms. The maximum Gasteiger partial charge on any atom is 0.274 e. The van der Waals surface area contributed by atoms with Gasteiger partial charge < -0.3 is 4.90 Å². The predicted octanol–water partition coefficient (Wildman–Crippen LogP) is 1.40. The number of rotatable bonds is 1. The van der Waals surface area contributed by atoms with Gasteiger partial charge in [-0.3, -0.25) is 9.89 Å². The Balaban J connectivity index is 2.64. The van der Waals surface area contributed by atoms with E-state index in [-0.39, 0.29) is 17.1 Å². The van der Waals surface area contributed by atoms with Crippen LogP contribution in [0.25, 0.3) is 10.9 Å². The highest BCUT2D eigenvalue weighted by atomic mass is 19.1. The maximum absolute atomic E-state index is 13.3. The van der Waals surface area contributed by atoms with Gasteiger partial charge in [-0.2, -0.15) is 5.10 Å². The molecule has 0 unspecified atom stereocenters. The third-order valence-corrected chi connectivity index (χ3v) is 2.16. The number of amides is 1. The molecule has 4 nitrogen and oxygen atoms in total. The molecule has 1 heterocycles. The van der Waals surface area contributed by atoms with Gasteiger partial charge in [-0.05, 0) is 6.07 Å². The molecule has 1 amide bonds. The number of hydrogen-bond donors (Lipinski definition) is 1. The van der Waals surface area contributed by atoms with Gasteiger partial charge in [0, 0.05) is 19.5 Å². The van der Waals surface area contributed by atoms with Crippen molar-refractivity contribution >= 4 is 16.8 Å². The van der Waals surface area contributed by atoms with Gasteiger partial charge in [0.15, 0.2) is 5.69 Å². The number of fused-ring (bicyclic) bond motifs is 1. The fourth-order valence-electron chi connectivity index (χ4n) is 1.38. The summed E-state index contributed by atoms with van der Waals surface area (Å²) in [7, 11) is 3.25. The van der Waals surface area contributed by atoms with Gasteiger partial charge in [0.25, 0.3) is 5.91 Å². The van der Waals surface area contributed by atoms with Crippen LogP contribution in [0.3, 0.4) is 0 Å². The van der Waals surface area contributed by atoms with Crippen molar-refractivity contribution < 1.29 is 9.18 Å². The summed E-state index contributed by atoms with van der Waals surface area (Å²) in [6, 6.07) is 4.54. The van der Waals surface area contributed by atoms with Crippen LogP contribution in [0.2, 0.25) is 0 Å². The molecule has 0 radical (unpaired) electrons. The molecule has 1 N–H and O–H groups in total. The molecule has 15 heavy (non-hydrogen) atoms. The smallest absolute Gasteiger partial charge is 0.274 e. The molecule has 0 aliphatic rings. The molecular weight excluding hydrogens is 197 g/mol. The lowest BCUT2D eigenvalue weighted by atomic mass is 10.2. The SMILES string of the molecule is CN(C)C(=O)c1n[nH]c2c(F)cccc12. The third kappa shape index (κ3) is 1.45.